The molecule has 1 aromatic heterocycles. The van der Waals surface area contributed by atoms with Crippen molar-refractivity contribution in [2.75, 3.05) is 56.2 Å². The molecule has 0 saturated carbocycles. The summed E-state index contributed by atoms with van der Waals surface area (Å²) in [7, 11) is 1.67. The quantitative estimate of drug-likeness (QED) is 0.490. The molecule has 1 atom stereocenters. The van der Waals surface area contributed by atoms with E-state index in [1.165, 1.54) is 11.5 Å². The van der Waals surface area contributed by atoms with Crippen LogP contribution in [0.25, 0.3) is 0 Å². The van der Waals surface area contributed by atoms with E-state index >= 15 is 0 Å². The third kappa shape index (κ3) is 5.54. The van der Waals surface area contributed by atoms with Gasteiger partial charge in [0.05, 0.1) is 23.7 Å². The third-order valence-corrected chi connectivity index (χ3v) is 7.91. The number of anilines is 2. The van der Waals surface area contributed by atoms with Gasteiger partial charge in [-0.1, -0.05) is 35.9 Å². The molecule has 9 heteroatoms. The zero-order chi connectivity index (χ0) is 24.2. The zero-order valence-electron chi connectivity index (χ0n) is 19.9. The molecular weight excluding hydrogens is 482 g/mol. The number of amides is 1. The second-order valence-electron chi connectivity index (χ2n) is 9.07. The van der Waals surface area contributed by atoms with Crippen LogP contribution in [-0.4, -0.2) is 66.5 Å². The van der Waals surface area contributed by atoms with Crippen molar-refractivity contribution in [3.63, 3.8) is 0 Å². The standard InChI is InChI=1S/C26H30ClN5O2S/c1-34-21-8-4-6-19(16-21)17-24-28-26(35-29-24)32-11-5-7-20(18-32)25(33)31-14-12-30(13-15-31)23-10-3-2-9-22(23)27/h2-4,6,8-10,16,20H,5,7,11-15,17-18H2,1H3. The van der Waals surface area contributed by atoms with Gasteiger partial charge < -0.3 is 19.4 Å². The topological polar surface area (TPSA) is 61.8 Å². The highest BCUT2D eigenvalue weighted by atomic mass is 35.5. The summed E-state index contributed by atoms with van der Waals surface area (Å²) in [4.78, 5) is 24.7. The number of methoxy groups -OCH3 is 1. The average molecular weight is 512 g/mol. The number of carbonyl (C=O) groups is 1. The van der Waals surface area contributed by atoms with Gasteiger partial charge in [-0.3, -0.25) is 4.79 Å². The number of halogens is 1. The van der Waals surface area contributed by atoms with Crippen molar-refractivity contribution in [2.24, 2.45) is 5.92 Å². The minimum atomic E-state index is 0.00125. The Balaban J connectivity index is 1.17. The van der Waals surface area contributed by atoms with E-state index in [4.69, 9.17) is 21.3 Å². The molecule has 2 aliphatic rings. The van der Waals surface area contributed by atoms with E-state index in [-0.39, 0.29) is 11.8 Å². The fourth-order valence-corrected chi connectivity index (χ4v) is 5.87. The van der Waals surface area contributed by atoms with Crippen LogP contribution < -0.4 is 14.5 Å². The highest BCUT2D eigenvalue weighted by Crippen LogP contribution is 2.29. The molecule has 2 aromatic carbocycles. The zero-order valence-corrected chi connectivity index (χ0v) is 21.5. The molecule has 2 saturated heterocycles. The Labute approximate surface area is 215 Å². The number of para-hydroxylation sites is 1. The Bertz CT molecular complexity index is 1160. The summed E-state index contributed by atoms with van der Waals surface area (Å²) in [5, 5.41) is 1.67. The van der Waals surface area contributed by atoms with Gasteiger partial charge >= 0.3 is 0 Å². The van der Waals surface area contributed by atoms with Gasteiger partial charge in [0.25, 0.3) is 0 Å². The average Bonchev–Trinajstić information content (AvgIpc) is 3.37. The van der Waals surface area contributed by atoms with Crippen LogP contribution in [0, 0.1) is 5.92 Å². The number of hydrogen-bond acceptors (Lipinski definition) is 7. The van der Waals surface area contributed by atoms with E-state index < -0.39 is 0 Å². The maximum atomic E-state index is 13.4. The van der Waals surface area contributed by atoms with Gasteiger partial charge in [0.1, 0.15) is 11.6 Å². The Morgan fingerprint density at radius 1 is 1.09 bits per heavy atom. The molecule has 0 aliphatic carbocycles. The van der Waals surface area contributed by atoms with Crippen LogP contribution in [0.15, 0.2) is 48.5 Å². The first-order chi connectivity index (χ1) is 17.1. The van der Waals surface area contributed by atoms with Crippen LogP contribution in [0.5, 0.6) is 5.75 Å². The van der Waals surface area contributed by atoms with E-state index in [0.29, 0.717) is 13.0 Å². The van der Waals surface area contributed by atoms with E-state index in [1.807, 2.05) is 47.4 Å². The molecule has 0 spiro atoms. The summed E-state index contributed by atoms with van der Waals surface area (Å²) in [5.41, 5.74) is 2.17. The van der Waals surface area contributed by atoms with Crippen LogP contribution in [0.4, 0.5) is 10.8 Å². The van der Waals surface area contributed by atoms with Crippen LogP contribution in [0.2, 0.25) is 5.02 Å². The molecule has 3 heterocycles. The summed E-state index contributed by atoms with van der Waals surface area (Å²) < 4.78 is 9.90. The molecular formula is C26H30ClN5O2S. The van der Waals surface area contributed by atoms with Crippen molar-refractivity contribution >= 4 is 39.9 Å². The maximum absolute atomic E-state index is 13.4. The summed E-state index contributed by atoms with van der Waals surface area (Å²) in [6.45, 7) is 4.68. The van der Waals surface area contributed by atoms with Gasteiger partial charge in [0.2, 0.25) is 11.0 Å². The lowest BCUT2D eigenvalue weighted by Gasteiger charge is -2.39. The van der Waals surface area contributed by atoms with E-state index in [1.54, 1.807) is 7.11 Å². The van der Waals surface area contributed by atoms with Crippen LogP contribution in [0.1, 0.15) is 24.2 Å². The Hall–Kier alpha value is -2.84. The molecule has 184 valence electrons. The van der Waals surface area contributed by atoms with Crippen molar-refractivity contribution in [2.45, 2.75) is 19.3 Å². The summed E-state index contributed by atoms with van der Waals surface area (Å²) >= 11 is 7.79. The first-order valence-electron chi connectivity index (χ1n) is 12.1. The molecule has 1 unspecified atom stereocenters. The van der Waals surface area contributed by atoms with E-state index in [9.17, 15) is 4.79 Å². The Kier molecular flexibility index (Phi) is 7.39. The number of piperidine rings is 1. The maximum Gasteiger partial charge on any atom is 0.227 e. The fourth-order valence-electron chi connectivity index (χ4n) is 4.90. The molecule has 3 aromatic rings. The molecule has 0 bridgehead atoms. The van der Waals surface area contributed by atoms with Crippen molar-refractivity contribution in [3.8, 4) is 5.75 Å². The van der Waals surface area contributed by atoms with Crippen LogP contribution in [-0.2, 0) is 11.2 Å². The number of piperazine rings is 1. The summed E-state index contributed by atoms with van der Waals surface area (Å²) in [5.74, 6) is 1.90. The van der Waals surface area contributed by atoms with E-state index in [0.717, 1.165) is 78.5 Å². The lowest BCUT2D eigenvalue weighted by molar-refractivity contribution is -0.136. The lowest BCUT2D eigenvalue weighted by Crippen LogP contribution is -2.52. The highest BCUT2D eigenvalue weighted by Gasteiger charge is 2.32. The molecule has 35 heavy (non-hydrogen) atoms. The minimum Gasteiger partial charge on any atom is -0.497 e. The predicted octanol–water partition coefficient (Wildman–Crippen LogP) is 4.36. The molecule has 2 aliphatic heterocycles. The van der Waals surface area contributed by atoms with Gasteiger partial charge in [-0.05, 0) is 42.7 Å². The molecule has 7 nitrogen and oxygen atoms in total. The molecule has 0 N–H and O–H groups in total. The second-order valence-corrected chi connectivity index (χ2v) is 10.2. The van der Waals surface area contributed by atoms with Crippen molar-refractivity contribution < 1.29 is 9.53 Å². The summed E-state index contributed by atoms with van der Waals surface area (Å²) in [6.07, 6.45) is 2.58. The molecule has 2 fully saturated rings. The number of aromatic nitrogens is 2. The highest BCUT2D eigenvalue weighted by molar-refractivity contribution is 7.09. The van der Waals surface area contributed by atoms with Crippen molar-refractivity contribution in [3.05, 3.63) is 64.9 Å². The number of benzene rings is 2. The molecule has 5 rings (SSSR count). The molecule has 0 radical (unpaired) electrons. The number of carbonyl (C=O) groups excluding carboxylic acids is 1. The minimum absolute atomic E-state index is 0.00125. The smallest absolute Gasteiger partial charge is 0.227 e. The van der Waals surface area contributed by atoms with Gasteiger partial charge in [-0.2, -0.15) is 4.37 Å². The predicted molar refractivity (Wildman–Crippen MR) is 141 cm³/mol. The van der Waals surface area contributed by atoms with Crippen molar-refractivity contribution in [1.29, 1.82) is 0 Å². The van der Waals surface area contributed by atoms with Gasteiger partial charge in [-0.15, -0.1) is 0 Å². The normalized spacial score (nSPS) is 18.6. The molecule has 1 amide bonds. The summed E-state index contributed by atoms with van der Waals surface area (Å²) in [6, 6.07) is 15.9. The SMILES string of the molecule is COc1cccc(Cc2nsc(N3CCCC(C(=O)N4CCN(c5ccccc5Cl)CC4)C3)n2)c1. The third-order valence-electron chi connectivity index (χ3n) is 6.78. The monoisotopic (exact) mass is 511 g/mol. The fraction of sp³-hybridized carbons (Fsp3) is 0.423. The van der Waals surface area contributed by atoms with Crippen LogP contribution in [0.3, 0.4) is 0 Å². The Morgan fingerprint density at radius 2 is 1.91 bits per heavy atom. The first-order valence-corrected chi connectivity index (χ1v) is 13.2. The number of hydrogen-bond donors (Lipinski definition) is 0. The first kappa shape index (κ1) is 23.9. The van der Waals surface area contributed by atoms with Gasteiger partial charge in [0, 0.05) is 57.2 Å². The second kappa shape index (κ2) is 10.8. The number of rotatable bonds is 6. The Morgan fingerprint density at radius 3 is 2.71 bits per heavy atom. The van der Waals surface area contributed by atoms with E-state index in [2.05, 4.69) is 20.2 Å². The number of ether oxygens (including phenoxy) is 1. The lowest BCUT2D eigenvalue weighted by atomic mass is 9.96. The van der Waals surface area contributed by atoms with Gasteiger partial charge in [-0.25, -0.2) is 4.98 Å². The largest absolute Gasteiger partial charge is 0.497 e. The van der Waals surface area contributed by atoms with Crippen LogP contribution >= 0.6 is 23.1 Å². The van der Waals surface area contributed by atoms with Crippen molar-refractivity contribution in [1.82, 2.24) is 14.3 Å². The van der Waals surface area contributed by atoms with Gasteiger partial charge in [0.15, 0.2) is 0 Å². The number of nitrogens with zero attached hydrogens (tertiary/aromatic N) is 5.